The Labute approximate surface area is 209 Å². The Kier molecular flexibility index (Phi) is 6.60. The fourth-order valence-corrected chi connectivity index (χ4v) is 5.36. The van der Waals surface area contributed by atoms with E-state index in [4.69, 9.17) is 0 Å². The fraction of sp³-hybridized carbons (Fsp3) is 0. The van der Waals surface area contributed by atoms with Crippen molar-refractivity contribution in [1.29, 1.82) is 0 Å². The summed E-state index contributed by atoms with van der Waals surface area (Å²) in [7, 11) is 0. The lowest BCUT2D eigenvalue weighted by molar-refractivity contribution is 1.51. The van der Waals surface area contributed by atoms with Crippen molar-refractivity contribution in [3.63, 3.8) is 0 Å². The molecule has 0 unspecified atom stereocenters. The average Bonchev–Trinajstić information content (AvgIpc) is 2.69. The van der Waals surface area contributed by atoms with E-state index in [0.29, 0.717) is 0 Å². The van der Waals surface area contributed by atoms with Gasteiger partial charge in [-0.05, 0) is 104 Å². The molecule has 4 rings (SSSR count). The maximum Gasteiger partial charge on any atom is 0.0215 e. The molecular formula is C24H14Br2I2. The zero-order valence-corrected chi connectivity index (χ0v) is 22.1. The molecule has 28 heavy (non-hydrogen) atoms. The maximum atomic E-state index is 3.55. The molecule has 0 aliphatic rings. The van der Waals surface area contributed by atoms with Crippen molar-refractivity contribution in [2.45, 2.75) is 0 Å². The van der Waals surface area contributed by atoms with Gasteiger partial charge in [0.15, 0.2) is 0 Å². The van der Waals surface area contributed by atoms with Crippen LogP contribution in [0.1, 0.15) is 0 Å². The van der Waals surface area contributed by atoms with Crippen LogP contribution in [0.3, 0.4) is 0 Å². The van der Waals surface area contributed by atoms with Gasteiger partial charge in [0.05, 0.1) is 0 Å². The predicted molar refractivity (Wildman–Crippen MR) is 144 cm³/mol. The highest BCUT2D eigenvalue weighted by molar-refractivity contribution is 14.1. The van der Waals surface area contributed by atoms with Crippen LogP contribution in [0.25, 0.3) is 33.4 Å². The molecule has 0 aliphatic heterocycles. The second-order valence-electron chi connectivity index (χ2n) is 6.34. The molecule has 0 fully saturated rings. The Hall–Kier alpha value is -0.700. The summed E-state index contributed by atoms with van der Waals surface area (Å²) in [6, 6.07) is 30.2. The molecule has 0 spiro atoms. The Morgan fingerprint density at radius 2 is 0.821 bits per heavy atom. The summed E-state index contributed by atoms with van der Waals surface area (Å²) in [5.74, 6) is 0. The first-order valence-electron chi connectivity index (χ1n) is 8.64. The van der Waals surface area contributed by atoms with E-state index in [0.717, 1.165) is 8.95 Å². The second kappa shape index (κ2) is 8.98. The minimum absolute atomic E-state index is 1.09. The zero-order chi connectivity index (χ0) is 19.7. The van der Waals surface area contributed by atoms with Gasteiger partial charge in [0.2, 0.25) is 0 Å². The van der Waals surface area contributed by atoms with E-state index in [1.807, 2.05) is 0 Å². The van der Waals surface area contributed by atoms with Crippen molar-refractivity contribution in [2.24, 2.45) is 0 Å². The number of halogens is 4. The molecule has 0 aliphatic carbocycles. The number of hydrogen-bond acceptors (Lipinski definition) is 0. The molecule has 0 aromatic heterocycles. The lowest BCUT2D eigenvalue weighted by atomic mass is 9.89. The highest BCUT2D eigenvalue weighted by Crippen LogP contribution is 2.43. The van der Waals surface area contributed by atoms with E-state index in [1.54, 1.807) is 0 Å². The van der Waals surface area contributed by atoms with Gasteiger partial charge in [0.1, 0.15) is 0 Å². The monoisotopic (exact) mass is 714 g/mol. The third-order valence-electron chi connectivity index (χ3n) is 4.59. The Balaban J connectivity index is 2.00. The van der Waals surface area contributed by atoms with Gasteiger partial charge >= 0.3 is 0 Å². The van der Waals surface area contributed by atoms with Gasteiger partial charge in [-0.1, -0.05) is 80.4 Å². The second-order valence-corrected chi connectivity index (χ2v) is 10.5. The molecule has 0 nitrogen and oxygen atoms in total. The van der Waals surface area contributed by atoms with Crippen LogP contribution in [0.4, 0.5) is 0 Å². The van der Waals surface area contributed by atoms with Gasteiger partial charge in [0.25, 0.3) is 0 Å². The number of benzene rings is 4. The van der Waals surface area contributed by atoms with Crippen LogP contribution in [-0.4, -0.2) is 0 Å². The summed E-state index contributed by atoms with van der Waals surface area (Å²) in [5, 5.41) is 0. The van der Waals surface area contributed by atoms with Gasteiger partial charge in [-0.2, -0.15) is 0 Å². The Morgan fingerprint density at radius 3 is 1.18 bits per heavy atom. The summed E-state index contributed by atoms with van der Waals surface area (Å²) < 4.78 is 4.68. The molecule has 4 heteroatoms. The van der Waals surface area contributed by atoms with E-state index in [1.165, 1.54) is 40.5 Å². The first-order chi connectivity index (χ1) is 13.5. The van der Waals surface area contributed by atoms with Crippen LogP contribution in [0.5, 0.6) is 0 Å². The summed E-state index contributed by atoms with van der Waals surface area (Å²) in [6.45, 7) is 0. The highest BCUT2D eigenvalue weighted by atomic mass is 127. The van der Waals surface area contributed by atoms with Crippen LogP contribution in [0, 0.1) is 7.14 Å². The summed E-state index contributed by atoms with van der Waals surface area (Å²) in [5.41, 5.74) is 7.52. The van der Waals surface area contributed by atoms with Crippen LogP contribution in [0.2, 0.25) is 0 Å². The lowest BCUT2D eigenvalue weighted by Gasteiger charge is -2.18. The van der Waals surface area contributed by atoms with Crippen molar-refractivity contribution in [3.05, 3.63) is 101 Å². The van der Waals surface area contributed by atoms with Crippen molar-refractivity contribution < 1.29 is 0 Å². The summed E-state index contributed by atoms with van der Waals surface area (Å²) in [6.07, 6.45) is 0. The molecule has 4 aromatic carbocycles. The van der Waals surface area contributed by atoms with E-state index in [-0.39, 0.29) is 0 Å². The Bertz CT molecular complexity index is 1040. The molecule has 0 radical (unpaired) electrons. The Morgan fingerprint density at radius 1 is 0.464 bits per heavy atom. The predicted octanol–water partition coefficient (Wildman–Crippen LogP) is 9.42. The van der Waals surface area contributed by atoms with Crippen molar-refractivity contribution in [1.82, 2.24) is 0 Å². The molecule has 4 aromatic rings. The molecule has 0 saturated heterocycles. The molecule has 0 bridgehead atoms. The van der Waals surface area contributed by atoms with Crippen LogP contribution >= 0.6 is 77.0 Å². The van der Waals surface area contributed by atoms with Gasteiger partial charge < -0.3 is 0 Å². The molecule has 138 valence electrons. The number of rotatable bonds is 3. The normalized spacial score (nSPS) is 10.9. The van der Waals surface area contributed by atoms with Gasteiger partial charge in [-0.3, -0.25) is 0 Å². The quantitative estimate of drug-likeness (QED) is 0.186. The minimum Gasteiger partial charge on any atom is -0.0606 e. The molecule has 0 heterocycles. The zero-order valence-electron chi connectivity index (χ0n) is 14.6. The lowest BCUT2D eigenvalue weighted by Crippen LogP contribution is -1.95. The maximum absolute atomic E-state index is 3.55. The smallest absolute Gasteiger partial charge is 0.0215 e. The van der Waals surface area contributed by atoms with Crippen molar-refractivity contribution >= 4 is 77.0 Å². The van der Waals surface area contributed by atoms with Gasteiger partial charge in [-0.15, -0.1) is 0 Å². The molecule has 0 amide bonds. The largest absolute Gasteiger partial charge is 0.0606 e. The molecule has 0 saturated carbocycles. The third kappa shape index (κ3) is 4.25. The summed E-state index contributed by atoms with van der Waals surface area (Å²) in [4.78, 5) is 0. The van der Waals surface area contributed by atoms with Gasteiger partial charge in [0, 0.05) is 27.2 Å². The minimum atomic E-state index is 1.09. The van der Waals surface area contributed by atoms with E-state index in [2.05, 4.69) is 162 Å². The van der Waals surface area contributed by atoms with E-state index in [9.17, 15) is 0 Å². The topological polar surface area (TPSA) is 0 Å². The molecule has 0 N–H and O–H groups in total. The molecular weight excluding hydrogens is 702 g/mol. The molecule has 0 atom stereocenters. The van der Waals surface area contributed by atoms with Crippen LogP contribution in [0.15, 0.2) is 93.9 Å². The van der Waals surface area contributed by atoms with Crippen LogP contribution in [-0.2, 0) is 0 Å². The highest BCUT2D eigenvalue weighted by Gasteiger charge is 2.18. The first kappa shape index (κ1) is 20.6. The standard InChI is InChI=1S/C24H14Br2I2/c25-17-11-7-15(8-12-17)19-3-1-5-21(27)23(19)24-20(4-2-6-22(24)28)16-9-13-18(26)14-10-16/h1-14H. The SMILES string of the molecule is Brc1ccc(-c2cccc(I)c2-c2c(I)cccc2-c2ccc(Br)cc2)cc1. The third-order valence-corrected chi connectivity index (χ3v) is 7.44. The first-order valence-corrected chi connectivity index (χ1v) is 12.4. The van der Waals surface area contributed by atoms with E-state index >= 15 is 0 Å². The average molecular weight is 716 g/mol. The van der Waals surface area contributed by atoms with Crippen molar-refractivity contribution in [3.8, 4) is 33.4 Å². The van der Waals surface area contributed by atoms with Gasteiger partial charge in [-0.25, -0.2) is 0 Å². The van der Waals surface area contributed by atoms with E-state index < -0.39 is 0 Å². The number of hydrogen-bond donors (Lipinski definition) is 0. The van der Waals surface area contributed by atoms with Crippen molar-refractivity contribution in [2.75, 3.05) is 0 Å². The van der Waals surface area contributed by atoms with Crippen LogP contribution < -0.4 is 0 Å². The fourth-order valence-electron chi connectivity index (χ4n) is 3.30. The summed E-state index contributed by atoms with van der Waals surface area (Å²) >= 11 is 12.0.